The van der Waals surface area contributed by atoms with Crippen molar-refractivity contribution in [2.45, 2.75) is 26.2 Å². The zero-order chi connectivity index (χ0) is 13.4. The van der Waals surface area contributed by atoms with Crippen molar-refractivity contribution < 1.29 is 4.79 Å². The smallest absolute Gasteiger partial charge is 0.169 e. The van der Waals surface area contributed by atoms with E-state index in [4.69, 9.17) is 46.4 Å². The Morgan fingerprint density at radius 2 is 1.78 bits per heavy atom. The molecule has 0 bridgehead atoms. The van der Waals surface area contributed by atoms with Gasteiger partial charge in [-0.05, 0) is 24.8 Å². The van der Waals surface area contributed by atoms with Crippen LogP contribution in [0.5, 0.6) is 0 Å². The summed E-state index contributed by atoms with van der Waals surface area (Å²) in [4.78, 5) is 12.5. The summed E-state index contributed by atoms with van der Waals surface area (Å²) < 4.78 is 0. The maximum Gasteiger partial charge on any atom is 0.169 e. The Morgan fingerprint density at radius 3 is 2.33 bits per heavy atom. The molecule has 1 aromatic rings. The SMILES string of the molecule is CC1CCCC1C(=O)c1c(Cl)cc(Cl)c(Cl)c1Cl. The van der Waals surface area contributed by atoms with E-state index in [-0.39, 0.29) is 31.8 Å². The zero-order valence-electron chi connectivity index (χ0n) is 9.77. The number of Topliss-reactive ketones (excluding diaryl/α,β-unsaturated/α-hetero) is 1. The Hall–Kier alpha value is 0.0500. The van der Waals surface area contributed by atoms with Crippen molar-refractivity contribution in [3.05, 3.63) is 31.7 Å². The van der Waals surface area contributed by atoms with Gasteiger partial charge in [0.2, 0.25) is 0 Å². The minimum atomic E-state index is -0.0198. The number of hydrogen-bond donors (Lipinski definition) is 0. The van der Waals surface area contributed by atoms with Crippen LogP contribution in [0.3, 0.4) is 0 Å². The number of hydrogen-bond acceptors (Lipinski definition) is 1. The first-order valence-electron chi connectivity index (χ1n) is 5.80. The van der Waals surface area contributed by atoms with Gasteiger partial charge in [-0.1, -0.05) is 59.7 Å². The average Bonchev–Trinajstić information content (AvgIpc) is 2.72. The van der Waals surface area contributed by atoms with Crippen molar-refractivity contribution in [3.8, 4) is 0 Å². The number of rotatable bonds is 2. The molecule has 0 saturated heterocycles. The Kier molecular flexibility index (Phi) is 4.48. The van der Waals surface area contributed by atoms with E-state index in [0.29, 0.717) is 11.5 Å². The normalized spacial score (nSPS) is 23.4. The highest BCUT2D eigenvalue weighted by Gasteiger charge is 2.33. The number of ketones is 1. The molecule has 2 atom stereocenters. The number of halogens is 4. The predicted molar refractivity (Wildman–Crippen MR) is 77.3 cm³/mol. The highest BCUT2D eigenvalue weighted by molar-refractivity contribution is 6.51. The molecule has 0 spiro atoms. The van der Waals surface area contributed by atoms with Gasteiger partial charge in [0.25, 0.3) is 0 Å². The molecule has 98 valence electrons. The lowest BCUT2D eigenvalue weighted by atomic mass is 9.89. The van der Waals surface area contributed by atoms with Crippen LogP contribution >= 0.6 is 46.4 Å². The quantitative estimate of drug-likeness (QED) is 0.375. The molecule has 0 N–H and O–H groups in total. The minimum Gasteiger partial charge on any atom is -0.294 e. The van der Waals surface area contributed by atoms with Crippen LogP contribution in [0.25, 0.3) is 0 Å². The molecule has 0 heterocycles. The first-order valence-corrected chi connectivity index (χ1v) is 7.32. The van der Waals surface area contributed by atoms with Crippen LogP contribution < -0.4 is 0 Å². The lowest BCUT2D eigenvalue weighted by Gasteiger charge is -2.16. The third kappa shape index (κ3) is 2.51. The van der Waals surface area contributed by atoms with Gasteiger partial charge < -0.3 is 0 Å². The fraction of sp³-hybridized carbons (Fsp3) is 0.462. The number of carbonyl (C=O) groups excluding carboxylic acids is 1. The summed E-state index contributed by atoms with van der Waals surface area (Å²) in [6.07, 6.45) is 3.01. The summed E-state index contributed by atoms with van der Waals surface area (Å²) in [5.74, 6) is 0.324. The van der Waals surface area contributed by atoms with E-state index in [2.05, 4.69) is 6.92 Å². The van der Waals surface area contributed by atoms with Crippen LogP contribution in [0.4, 0.5) is 0 Å². The summed E-state index contributed by atoms with van der Waals surface area (Å²) in [5.41, 5.74) is 0.312. The largest absolute Gasteiger partial charge is 0.294 e. The third-order valence-corrected chi connectivity index (χ3v) is 5.12. The van der Waals surface area contributed by atoms with Crippen molar-refractivity contribution in [1.82, 2.24) is 0 Å². The van der Waals surface area contributed by atoms with Crippen molar-refractivity contribution in [2.24, 2.45) is 11.8 Å². The first-order chi connectivity index (χ1) is 8.43. The van der Waals surface area contributed by atoms with Gasteiger partial charge in [0.1, 0.15) is 0 Å². The van der Waals surface area contributed by atoms with E-state index < -0.39 is 0 Å². The average molecular weight is 326 g/mol. The van der Waals surface area contributed by atoms with Crippen molar-refractivity contribution in [1.29, 1.82) is 0 Å². The van der Waals surface area contributed by atoms with Crippen LogP contribution in [-0.2, 0) is 0 Å². The summed E-state index contributed by atoms with van der Waals surface area (Å²) in [6, 6.07) is 1.48. The van der Waals surface area contributed by atoms with Gasteiger partial charge in [-0.2, -0.15) is 0 Å². The van der Waals surface area contributed by atoms with E-state index in [1.165, 1.54) is 6.07 Å². The van der Waals surface area contributed by atoms with Gasteiger partial charge in [-0.3, -0.25) is 4.79 Å². The Bertz CT molecular complexity index is 498. The Labute approximate surface area is 126 Å². The molecular formula is C13H12Cl4O. The lowest BCUT2D eigenvalue weighted by Crippen LogP contribution is -2.18. The molecule has 2 unspecified atom stereocenters. The van der Waals surface area contributed by atoms with Gasteiger partial charge in [-0.15, -0.1) is 0 Å². The van der Waals surface area contributed by atoms with Gasteiger partial charge >= 0.3 is 0 Å². The fourth-order valence-electron chi connectivity index (χ4n) is 2.51. The maximum absolute atomic E-state index is 12.5. The second-order valence-electron chi connectivity index (χ2n) is 4.72. The molecule has 0 amide bonds. The fourth-order valence-corrected chi connectivity index (χ4v) is 3.61. The van der Waals surface area contributed by atoms with Gasteiger partial charge in [0.05, 0.1) is 25.7 Å². The van der Waals surface area contributed by atoms with Crippen molar-refractivity contribution in [3.63, 3.8) is 0 Å². The maximum atomic E-state index is 12.5. The van der Waals surface area contributed by atoms with E-state index in [1.807, 2.05) is 0 Å². The summed E-state index contributed by atoms with van der Waals surface area (Å²) in [7, 11) is 0. The monoisotopic (exact) mass is 324 g/mol. The van der Waals surface area contributed by atoms with Gasteiger partial charge in [0.15, 0.2) is 5.78 Å². The standard InChI is InChI=1S/C13H12Cl4O/c1-6-3-2-4-7(6)13(18)10-8(14)5-9(15)11(16)12(10)17/h5-7H,2-4H2,1H3. The molecule has 5 heteroatoms. The topological polar surface area (TPSA) is 17.1 Å². The van der Waals surface area contributed by atoms with E-state index >= 15 is 0 Å². The van der Waals surface area contributed by atoms with Crippen LogP contribution in [-0.4, -0.2) is 5.78 Å². The second kappa shape index (κ2) is 5.58. The molecule has 2 rings (SSSR count). The molecule has 18 heavy (non-hydrogen) atoms. The summed E-state index contributed by atoms with van der Waals surface area (Å²) in [6.45, 7) is 2.08. The molecule has 1 nitrogen and oxygen atoms in total. The minimum absolute atomic E-state index is 0.0164. The van der Waals surface area contributed by atoms with Crippen molar-refractivity contribution in [2.75, 3.05) is 0 Å². The predicted octanol–water partition coefficient (Wildman–Crippen LogP) is 5.92. The molecule has 1 aliphatic carbocycles. The van der Waals surface area contributed by atoms with E-state index in [9.17, 15) is 4.79 Å². The molecular weight excluding hydrogens is 314 g/mol. The zero-order valence-corrected chi connectivity index (χ0v) is 12.8. The molecule has 0 radical (unpaired) electrons. The molecule has 1 aliphatic rings. The first kappa shape index (κ1) is 14.5. The molecule has 0 aliphatic heterocycles. The second-order valence-corrected chi connectivity index (χ2v) is 6.29. The van der Waals surface area contributed by atoms with Gasteiger partial charge in [0, 0.05) is 5.92 Å². The van der Waals surface area contributed by atoms with E-state index in [0.717, 1.165) is 19.3 Å². The molecule has 1 aromatic carbocycles. The Morgan fingerprint density at radius 1 is 1.11 bits per heavy atom. The Balaban J connectivity index is 2.45. The summed E-state index contributed by atoms with van der Waals surface area (Å²) in [5, 5.41) is 0.899. The van der Waals surface area contributed by atoms with Crippen LogP contribution in [0.2, 0.25) is 20.1 Å². The highest BCUT2D eigenvalue weighted by Crippen LogP contribution is 2.41. The van der Waals surface area contributed by atoms with Crippen LogP contribution in [0.1, 0.15) is 36.5 Å². The summed E-state index contributed by atoms with van der Waals surface area (Å²) >= 11 is 24.0. The van der Waals surface area contributed by atoms with Crippen LogP contribution in [0, 0.1) is 11.8 Å². The lowest BCUT2D eigenvalue weighted by molar-refractivity contribution is 0.0897. The molecule has 1 fully saturated rings. The van der Waals surface area contributed by atoms with E-state index in [1.54, 1.807) is 0 Å². The number of carbonyl (C=O) groups is 1. The van der Waals surface area contributed by atoms with Crippen molar-refractivity contribution >= 4 is 52.2 Å². The third-order valence-electron chi connectivity index (χ3n) is 3.56. The molecule has 1 saturated carbocycles. The molecule has 0 aromatic heterocycles. The highest BCUT2D eigenvalue weighted by atomic mass is 35.5. The van der Waals surface area contributed by atoms with Crippen LogP contribution in [0.15, 0.2) is 6.07 Å². The van der Waals surface area contributed by atoms with Gasteiger partial charge in [-0.25, -0.2) is 0 Å². The number of benzene rings is 1.